The molecule has 4 N–H and O–H groups in total. The standard InChI is InChI=1S/C17H10F3N3O2/c18-17(19,20)7-4-5-8-10(6-7)22-15(16(21)25)14-12(8)9-2-1-3-11(24)13(9)23-14/h1-6,23-24H,(H2,21,25). The maximum absolute atomic E-state index is 13.0. The van der Waals surface area contributed by atoms with Crippen LogP contribution in [-0.4, -0.2) is 21.0 Å². The van der Waals surface area contributed by atoms with Crippen molar-refractivity contribution in [2.75, 3.05) is 0 Å². The molecule has 2 aromatic heterocycles. The number of aromatic nitrogens is 2. The summed E-state index contributed by atoms with van der Waals surface area (Å²) in [6.07, 6.45) is -4.53. The summed E-state index contributed by atoms with van der Waals surface area (Å²) in [6.45, 7) is 0. The average molecular weight is 345 g/mol. The average Bonchev–Trinajstić information content (AvgIpc) is 2.93. The van der Waals surface area contributed by atoms with Crippen molar-refractivity contribution in [2.24, 2.45) is 5.73 Å². The first kappa shape index (κ1) is 15.3. The third kappa shape index (κ3) is 2.18. The molecule has 0 fully saturated rings. The molecule has 5 nitrogen and oxygen atoms in total. The van der Waals surface area contributed by atoms with Crippen molar-refractivity contribution < 1.29 is 23.1 Å². The monoisotopic (exact) mass is 345 g/mol. The summed E-state index contributed by atoms with van der Waals surface area (Å²) in [5, 5.41) is 11.5. The van der Waals surface area contributed by atoms with E-state index in [0.29, 0.717) is 21.7 Å². The highest BCUT2D eigenvalue weighted by atomic mass is 19.4. The molecule has 4 aromatic rings. The smallest absolute Gasteiger partial charge is 0.416 e. The fraction of sp³-hybridized carbons (Fsp3) is 0.0588. The van der Waals surface area contributed by atoms with Gasteiger partial charge < -0.3 is 15.8 Å². The molecule has 8 heteroatoms. The SMILES string of the molecule is NC(=O)c1nc2cc(C(F)(F)F)ccc2c2c1[nH]c1c(O)cccc12. The Kier molecular flexibility index (Phi) is 2.96. The van der Waals surface area contributed by atoms with Crippen molar-refractivity contribution in [3.05, 3.63) is 47.7 Å². The van der Waals surface area contributed by atoms with Gasteiger partial charge in [-0.25, -0.2) is 4.98 Å². The van der Waals surface area contributed by atoms with E-state index in [0.717, 1.165) is 12.1 Å². The summed E-state index contributed by atoms with van der Waals surface area (Å²) >= 11 is 0. The number of nitrogens with two attached hydrogens (primary N) is 1. The van der Waals surface area contributed by atoms with E-state index in [4.69, 9.17) is 5.73 Å². The van der Waals surface area contributed by atoms with Gasteiger partial charge in [0.1, 0.15) is 5.75 Å². The molecule has 25 heavy (non-hydrogen) atoms. The minimum atomic E-state index is -4.53. The Balaban J connectivity index is 2.24. The second kappa shape index (κ2) is 4.85. The van der Waals surface area contributed by atoms with Crippen LogP contribution in [0.1, 0.15) is 16.1 Å². The van der Waals surface area contributed by atoms with Gasteiger partial charge in [0, 0.05) is 16.2 Å². The first-order chi connectivity index (χ1) is 11.8. The Morgan fingerprint density at radius 2 is 1.88 bits per heavy atom. The third-order valence-electron chi connectivity index (χ3n) is 4.11. The molecule has 0 saturated heterocycles. The van der Waals surface area contributed by atoms with Gasteiger partial charge in [0.15, 0.2) is 5.69 Å². The molecule has 0 saturated carbocycles. The highest BCUT2D eigenvalue weighted by Crippen LogP contribution is 2.38. The Hall–Kier alpha value is -3.29. The number of halogens is 3. The largest absolute Gasteiger partial charge is 0.506 e. The number of aromatic hydroxyl groups is 1. The zero-order valence-corrected chi connectivity index (χ0v) is 12.5. The van der Waals surface area contributed by atoms with E-state index in [-0.39, 0.29) is 22.5 Å². The van der Waals surface area contributed by atoms with Crippen LogP contribution in [0.15, 0.2) is 36.4 Å². The number of fused-ring (bicyclic) bond motifs is 5. The molecule has 0 atom stereocenters. The summed E-state index contributed by atoms with van der Waals surface area (Å²) < 4.78 is 38.9. The van der Waals surface area contributed by atoms with Crippen molar-refractivity contribution in [1.29, 1.82) is 0 Å². The molecular formula is C17H10F3N3O2. The number of aromatic amines is 1. The van der Waals surface area contributed by atoms with Crippen molar-refractivity contribution in [3.63, 3.8) is 0 Å². The van der Waals surface area contributed by atoms with Gasteiger partial charge in [0.2, 0.25) is 0 Å². The van der Waals surface area contributed by atoms with Crippen LogP contribution in [0.25, 0.3) is 32.7 Å². The van der Waals surface area contributed by atoms with Crippen LogP contribution in [0.4, 0.5) is 13.2 Å². The fourth-order valence-corrected chi connectivity index (χ4v) is 3.03. The maximum atomic E-state index is 13.0. The number of benzene rings is 2. The number of phenolic OH excluding ortho intramolecular Hbond substituents is 1. The molecular weight excluding hydrogens is 335 g/mol. The number of alkyl halides is 3. The number of carbonyl (C=O) groups excluding carboxylic acids is 1. The van der Waals surface area contributed by atoms with Gasteiger partial charge in [0.05, 0.1) is 22.1 Å². The molecule has 2 heterocycles. The number of hydrogen-bond donors (Lipinski definition) is 3. The van der Waals surface area contributed by atoms with Crippen LogP contribution in [0.2, 0.25) is 0 Å². The van der Waals surface area contributed by atoms with E-state index >= 15 is 0 Å². The second-order valence-electron chi connectivity index (χ2n) is 5.63. The quantitative estimate of drug-likeness (QED) is 0.491. The van der Waals surface area contributed by atoms with Crippen molar-refractivity contribution in [2.45, 2.75) is 6.18 Å². The molecule has 0 bridgehead atoms. The van der Waals surface area contributed by atoms with Crippen LogP contribution < -0.4 is 5.73 Å². The minimum Gasteiger partial charge on any atom is -0.506 e. The number of para-hydroxylation sites is 1. The fourth-order valence-electron chi connectivity index (χ4n) is 3.03. The van der Waals surface area contributed by atoms with Gasteiger partial charge in [-0.1, -0.05) is 18.2 Å². The zero-order chi connectivity index (χ0) is 17.9. The lowest BCUT2D eigenvalue weighted by Gasteiger charge is -2.09. The lowest BCUT2D eigenvalue weighted by atomic mass is 10.0. The summed E-state index contributed by atoms with van der Waals surface area (Å²) in [5.41, 5.74) is 4.93. The lowest BCUT2D eigenvalue weighted by Crippen LogP contribution is -2.14. The van der Waals surface area contributed by atoms with Crippen LogP contribution >= 0.6 is 0 Å². The number of primary amides is 1. The van der Waals surface area contributed by atoms with E-state index in [1.54, 1.807) is 12.1 Å². The van der Waals surface area contributed by atoms with Crippen molar-refractivity contribution in [3.8, 4) is 5.75 Å². The van der Waals surface area contributed by atoms with E-state index in [1.807, 2.05) is 0 Å². The number of amides is 1. The zero-order valence-electron chi connectivity index (χ0n) is 12.5. The molecule has 2 aromatic carbocycles. The van der Waals surface area contributed by atoms with Gasteiger partial charge in [-0.05, 0) is 18.2 Å². The number of phenols is 1. The Morgan fingerprint density at radius 3 is 2.56 bits per heavy atom. The lowest BCUT2D eigenvalue weighted by molar-refractivity contribution is -0.137. The molecule has 0 aliphatic rings. The summed E-state index contributed by atoms with van der Waals surface area (Å²) in [7, 11) is 0. The van der Waals surface area contributed by atoms with Crippen LogP contribution in [-0.2, 0) is 6.18 Å². The summed E-state index contributed by atoms with van der Waals surface area (Å²) in [4.78, 5) is 18.7. The number of pyridine rings is 1. The molecule has 0 unspecified atom stereocenters. The van der Waals surface area contributed by atoms with E-state index in [9.17, 15) is 23.1 Å². The molecule has 0 aliphatic heterocycles. The molecule has 1 amide bonds. The van der Waals surface area contributed by atoms with Crippen LogP contribution in [0.3, 0.4) is 0 Å². The van der Waals surface area contributed by atoms with Gasteiger partial charge in [-0.15, -0.1) is 0 Å². The van der Waals surface area contributed by atoms with E-state index in [1.165, 1.54) is 12.1 Å². The molecule has 4 rings (SSSR count). The van der Waals surface area contributed by atoms with Crippen molar-refractivity contribution >= 4 is 38.6 Å². The first-order valence-electron chi connectivity index (χ1n) is 7.21. The number of rotatable bonds is 1. The number of nitrogens with one attached hydrogen (secondary N) is 1. The van der Waals surface area contributed by atoms with Gasteiger partial charge in [0.25, 0.3) is 5.91 Å². The van der Waals surface area contributed by atoms with Gasteiger partial charge >= 0.3 is 6.18 Å². The molecule has 126 valence electrons. The van der Waals surface area contributed by atoms with Crippen LogP contribution in [0.5, 0.6) is 5.75 Å². The van der Waals surface area contributed by atoms with Crippen LogP contribution in [0, 0.1) is 0 Å². The minimum absolute atomic E-state index is 0.000341. The predicted octanol–water partition coefficient (Wildman–Crippen LogP) is 3.69. The van der Waals surface area contributed by atoms with E-state index in [2.05, 4.69) is 9.97 Å². The summed E-state index contributed by atoms with van der Waals surface area (Å²) in [5.74, 6) is -0.931. The normalized spacial score (nSPS) is 12.3. The molecule has 0 aliphatic carbocycles. The molecule has 0 spiro atoms. The predicted molar refractivity (Wildman–Crippen MR) is 86.3 cm³/mol. The Morgan fingerprint density at radius 1 is 1.12 bits per heavy atom. The second-order valence-corrected chi connectivity index (χ2v) is 5.63. The number of H-pyrrole nitrogens is 1. The Bertz CT molecular complexity index is 1180. The summed E-state index contributed by atoms with van der Waals surface area (Å²) in [6, 6.07) is 7.88. The highest BCUT2D eigenvalue weighted by molar-refractivity contribution is 6.24. The van der Waals surface area contributed by atoms with Gasteiger partial charge in [-0.3, -0.25) is 4.79 Å². The Labute approximate surface area is 137 Å². The van der Waals surface area contributed by atoms with E-state index < -0.39 is 17.6 Å². The first-order valence-corrected chi connectivity index (χ1v) is 7.21. The number of carbonyl (C=O) groups is 1. The topological polar surface area (TPSA) is 92.0 Å². The van der Waals surface area contributed by atoms with Crippen molar-refractivity contribution in [1.82, 2.24) is 9.97 Å². The van der Waals surface area contributed by atoms with Gasteiger partial charge in [-0.2, -0.15) is 13.2 Å². The number of hydrogen-bond acceptors (Lipinski definition) is 3. The third-order valence-corrected chi connectivity index (χ3v) is 4.11. The maximum Gasteiger partial charge on any atom is 0.416 e. The highest BCUT2D eigenvalue weighted by Gasteiger charge is 2.31. The molecule has 0 radical (unpaired) electrons. The number of nitrogens with zero attached hydrogens (tertiary/aromatic N) is 1.